The van der Waals surface area contributed by atoms with E-state index in [0.717, 1.165) is 11.3 Å². The molecule has 0 aliphatic carbocycles. The summed E-state index contributed by atoms with van der Waals surface area (Å²) in [5, 5.41) is 2.95. The number of carbonyl (C=O) groups is 1. The average Bonchev–Trinajstić information content (AvgIpc) is 2.61. The van der Waals surface area contributed by atoms with Crippen molar-refractivity contribution in [3.63, 3.8) is 0 Å². The van der Waals surface area contributed by atoms with Crippen LogP contribution in [0.4, 0.5) is 4.39 Å². The zero-order valence-electron chi connectivity index (χ0n) is 15.0. The first-order valence-corrected chi connectivity index (χ1v) is 8.31. The number of aryl methyl sites for hydroxylation is 1. The maximum atomic E-state index is 13.6. The number of nitrogens with zero attached hydrogens (tertiary/aromatic N) is 1. The number of halogens is 1. The van der Waals surface area contributed by atoms with E-state index in [1.807, 2.05) is 38.4 Å². The van der Waals surface area contributed by atoms with E-state index in [-0.39, 0.29) is 24.2 Å². The quantitative estimate of drug-likeness (QED) is 0.800. The summed E-state index contributed by atoms with van der Waals surface area (Å²) in [6.45, 7) is 0.495. The number of benzene rings is 2. The Morgan fingerprint density at radius 3 is 2.44 bits per heavy atom. The first kappa shape index (κ1) is 18.9. The van der Waals surface area contributed by atoms with Gasteiger partial charge >= 0.3 is 0 Å². The molecule has 0 aliphatic heterocycles. The molecule has 0 spiro atoms. The Hall–Kier alpha value is -2.40. The number of methoxy groups -OCH3 is 1. The topological polar surface area (TPSA) is 41.6 Å². The molecule has 4 nitrogen and oxygen atoms in total. The van der Waals surface area contributed by atoms with Crippen LogP contribution in [0.15, 0.2) is 48.5 Å². The van der Waals surface area contributed by atoms with Gasteiger partial charge in [-0.05, 0) is 49.8 Å². The molecule has 134 valence electrons. The second-order valence-electron chi connectivity index (χ2n) is 6.15. The normalized spacial score (nSPS) is 12.0. The van der Waals surface area contributed by atoms with Gasteiger partial charge in [0.25, 0.3) is 0 Å². The summed E-state index contributed by atoms with van der Waals surface area (Å²) in [5.74, 6) is 0.457. The molecule has 0 aromatic heterocycles. The maximum absolute atomic E-state index is 13.6. The van der Waals surface area contributed by atoms with E-state index in [1.54, 1.807) is 25.3 Å². The lowest BCUT2D eigenvalue weighted by Gasteiger charge is -2.25. The van der Waals surface area contributed by atoms with E-state index in [2.05, 4.69) is 10.2 Å². The Kier molecular flexibility index (Phi) is 6.95. The molecule has 0 bridgehead atoms. The molecule has 1 N–H and O–H groups in total. The number of amides is 1. The van der Waals surface area contributed by atoms with Gasteiger partial charge in [-0.1, -0.05) is 30.3 Å². The summed E-state index contributed by atoms with van der Waals surface area (Å²) < 4.78 is 18.8. The Balaban J connectivity index is 1.89. The molecule has 0 saturated carbocycles. The van der Waals surface area contributed by atoms with Crippen LogP contribution >= 0.6 is 0 Å². The highest BCUT2D eigenvalue weighted by Gasteiger charge is 2.15. The molecule has 1 amide bonds. The van der Waals surface area contributed by atoms with Gasteiger partial charge < -0.3 is 15.0 Å². The zero-order chi connectivity index (χ0) is 18.2. The first-order chi connectivity index (χ1) is 12.0. The lowest BCUT2D eigenvalue weighted by Crippen LogP contribution is -2.34. The van der Waals surface area contributed by atoms with Crippen LogP contribution in [-0.4, -0.2) is 38.6 Å². The van der Waals surface area contributed by atoms with Crippen LogP contribution in [-0.2, 0) is 11.2 Å². The lowest BCUT2D eigenvalue weighted by atomic mass is 10.1. The van der Waals surface area contributed by atoms with Crippen LogP contribution in [0, 0.1) is 5.82 Å². The van der Waals surface area contributed by atoms with Crippen LogP contribution in [0.3, 0.4) is 0 Å². The van der Waals surface area contributed by atoms with Crippen molar-refractivity contribution < 1.29 is 13.9 Å². The van der Waals surface area contributed by atoms with Gasteiger partial charge in [0.2, 0.25) is 5.91 Å². The third kappa shape index (κ3) is 5.57. The van der Waals surface area contributed by atoms with E-state index < -0.39 is 0 Å². The van der Waals surface area contributed by atoms with Gasteiger partial charge in [-0.2, -0.15) is 0 Å². The second kappa shape index (κ2) is 9.18. The Bertz CT molecular complexity index is 686. The molecule has 0 saturated heterocycles. The molecule has 2 rings (SSSR count). The molecule has 1 unspecified atom stereocenters. The van der Waals surface area contributed by atoms with Crippen molar-refractivity contribution in [1.29, 1.82) is 0 Å². The molecule has 0 heterocycles. The summed E-state index contributed by atoms with van der Waals surface area (Å²) in [7, 11) is 5.58. The molecular formula is C20H25FN2O2. The summed E-state index contributed by atoms with van der Waals surface area (Å²) >= 11 is 0. The number of hydrogen-bond donors (Lipinski definition) is 1. The lowest BCUT2D eigenvalue weighted by molar-refractivity contribution is -0.121. The SMILES string of the molecule is COc1ccc(C(CNC(=O)CCc2ccccc2F)N(C)C)cc1. The molecule has 0 aliphatic rings. The Morgan fingerprint density at radius 1 is 1.16 bits per heavy atom. The van der Waals surface area contributed by atoms with Crippen LogP contribution < -0.4 is 10.1 Å². The van der Waals surface area contributed by atoms with Crippen LogP contribution in [0.2, 0.25) is 0 Å². The molecule has 0 fully saturated rings. The van der Waals surface area contributed by atoms with Crippen LogP contribution in [0.5, 0.6) is 5.75 Å². The largest absolute Gasteiger partial charge is 0.497 e. The van der Waals surface area contributed by atoms with Crippen LogP contribution in [0.1, 0.15) is 23.6 Å². The smallest absolute Gasteiger partial charge is 0.220 e. The highest BCUT2D eigenvalue weighted by molar-refractivity contribution is 5.76. The van der Waals surface area contributed by atoms with E-state index >= 15 is 0 Å². The number of rotatable bonds is 8. The molecule has 2 aromatic rings. The monoisotopic (exact) mass is 344 g/mol. The van der Waals surface area contributed by atoms with E-state index in [1.165, 1.54) is 6.07 Å². The molecule has 5 heteroatoms. The van der Waals surface area contributed by atoms with Crippen LogP contribution in [0.25, 0.3) is 0 Å². The van der Waals surface area contributed by atoms with Gasteiger partial charge in [-0.15, -0.1) is 0 Å². The summed E-state index contributed by atoms with van der Waals surface area (Å²) in [6.07, 6.45) is 0.664. The van der Waals surface area contributed by atoms with Gasteiger partial charge in [0, 0.05) is 13.0 Å². The zero-order valence-corrected chi connectivity index (χ0v) is 15.0. The number of ether oxygens (including phenoxy) is 1. The van der Waals surface area contributed by atoms with Crippen molar-refractivity contribution in [2.75, 3.05) is 27.7 Å². The highest BCUT2D eigenvalue weighted by atomic mass is 19.1. The minimum Gasteiger partial charge on any atom is -0.497 e. The second-order valence-corrected chi connectivity index (χ2v) is 6.15. The molecule has 1 atom stereocenters. The van der Waals surface area contributed by atoms with E-state index in [0.29, 0.717) is 18.5 Å². The predicted octanol–water partition coefficient (Wildman–Crippen LogP) is 3.19. The number of carbonyl (C=O) groups excluding carboxylic acids is 1. The van der Waals surface area contributed by atoms with Crippen molar-refractivity contribution in [3.8, 4) is 5.75 Å². The highest BCUT2D eigenvalue weighted by Crippen LogP contribution is 2.20. The number of likely N-dealkylation sites (N-methyl/N-ethyl adjacent to an activating group) is 1. The van der Waals surface area contributed by atoms with Crippen molar-refractivity contribution in [1.82, 2.24) is 10.2 Å². The predicted molar refractivity (Wildman–Crippen MR) is 97.2 cm³/mol. The number of nitrogens with one attached hydrogen (secondary N) is 1. The Labute approximate surface area is 148 Å². The van der Waals surface area contributed by atoms with Crippen molar-refractivity contribution in [2.24, 2.45) is 0 Å². The van der Waals surface area contributed by atoms with Crippen molar-refractivity contribution >= 4 is 5.91 Å². The molecular weight excluding hydrogens is 319 g/mol. The van der Waals surface area contributed by atoms with E-state index in [9.17, 15) is 9.18 Å². The molecule has 25 heavy (non-hydrogen) atoms. The van der Waals surface area contributed by atoms with Gasteiger partial charge in [0.05, 0.1) is 13.2 Å². The minimum atomic E-state index is -0.264. The van der Waals surface area contributed by atoms with Crippen molar-refractivity contribution in [3.05, 3.63) is 65.5 Å². The number of hydrogen-bond acceptors (Lipinski definition) is 3. The Morgan fingerprint density at radius 2 is 1.84 bits per heavy atom. The molecule has 2 aromatic carbocycles. The van der Waals surface area contributed by atoms with Gasteiger partial charge in [-0.3, -0.25) is 4.79 Å². The molecule has 0 radical (unpaired) electrons. The first-order valence-electron chi connectivity index (χ1n) is 8.31. The fourth-order valence-corrected chi connectivity index (χ4v) is 2.67. The third-order valence-corrected chi connectivity index (χ3v) is 4.20. The maximum Gasteiger partial charge on any atom is 0.220 e. The van der Waals surface area contributed by atoms with Gasteiger partial charge in [0.15, 0.2) is 0 Å². The fourth-order valence-electron chi connectivity index (χ4n) is 2.67. The van der Waals surface area contributed by atoms with Gasteiger partial charge in [-0.25, -0.2) is 4.39 Å². The fraction of sp³-hybridized carbons (Fsp3) is 0.350. The standard InChI is InChI=1S/C20H25FN2O2/c1-23(2)19(16-8-11-17(25-3)12-9-16)14-22-20(24)13-10-15-6-4-5-7-18(15)21/h4-9,11-12,19H,10,13-14H2,1-3H3,(H,22,24). The average molecular weight is 344 g/mol. The van der Waals surface area contributed by atoms with Crippen molar-refractivity contribution in [2.45, 2.75) is 18.9 Å². The minimum absolute atomic E-state index is 0.0586. The van der Waals surface area contributed by atoms with Gasteiger partial charge in [0.1, 0.15) is 11.6 Å². The third-order valence-electron chi connectivity index (χ3n) is 4.20. The summed E-state index contributed by atoms with van der Waals surface area (Å²) in [4.78, 5) is 14.2. The summed E-state index contributed by atoms with van der Waals surface area (Å²) in [5.41, 5.74) is 1.66. The summed E-state index contributed by atoms with van der Waals surface area (Å²) in [6, 6.07) is 14.4. The van der Waals surface area contributed by atoms with E-state index in [4.69, 9.17) is 4.74 Å².